The molecule has 1 aromatic heterocycles. The molecular weight excluding hydrogens is 251 g/mol. The van der Waals surface area contributed by atoms with E-state index in [-0.39, 0.29) is 0 Å². The van der Waals surface area contributed by atoms with Gasteiger partial charge in [-0.15, -0.1) is 0 Å². The summed E-state index contributed by atoms with van der Waals surface area (Å²) in [5, 5.41) is 5.99. The Bertz CT molecular complexity index is 288. The van der Waals surface area contributed by atoms with E-state index in [1.165, 1.54) is 19.3 Å². The summed E-state index contributed by atoms with van der Waals surface area (Å²) in [5.74, 6) is 0. The molecule has 1 aliphatic rings. The van der Waals surface area contributed by atoms with Gasteiger partial charge in [-0.3, -0.25) is 4.68 Å². The Morgan fingerprint density at radius 2 is 2.38 bits per heavy atom. The summed E-state index contributed by atoms with van der Waals surface area (Å²) in [6, 6.07) is 0. The van der Waals surface area contributed by atoms with Crippen LogP contribution in [0.25, 0.3) is 0 Å². The molecule has 0 bridgehead atoms. The molecule has 13 heavy (non-hydrogen) atoms. The van der Waals surface area contributed by atoms with Gasteiger partial charge in [0.15, 0.2) is 0 Å². The van der Waals surface area contributed by atoms with Crippen molar-refractivity contribution in [3.05, 3.63) is 17.4 Å². The van der Waals surface area contributed by atoms with Crippen LogP contribution in [0.2, 0.25) is 5.02 Å². The van der Waals surface area contributed by atoms with Crippen LogP contribution in [-0.2, 0) is 6.54 Å². The molecule has 1 aromatic rings. The number of aromatic nitrogens is 2. The number of hydrogen-bond acceptors (Lipinski definition) is 1. The Hall–Kier alpha value is -0.0200. The van der Waals surface area contributed by atoms with Crippen LogP contribution in [0.5, 0.6) is 0 Å². The predicted octanol–water partition coefficient (Wildman–Crippen LogP) is 3.10. The lowest BCUT2D eigenvalue weighted by Gasteiger charge is -2.40. The third kappa shape index (κ3) is 1.91. The van der Waals surface area contributed by atoms with Crippen LogP contribution < -0.4 is 0 Å². The summed E-state index contributed by atoms with van der Waals surface area (Å²) in [5.41, 5.74) is 0.440. The van der Waals surface area contributed by atoms with Crippen LogP contribution in [0.4, 0.5) is 0 Å². The predicted molar refractivity (Wildman–Crippen MR) is 57.3 cm³/mol. The fourth-order valence-electron chi connectivity index (χ4n) is 1.78. The fourth-order valence-corrected chi connectivity index (χ4v) is 2.67. The van der Waals surface area contributed by atoms with Gasteiger partial charge in [0.05, 0.1) is 11.2 Å². The number of rotatable bonds is 3. The van der Waals surface area contributed by atoms with Gasteiger partial charge in [0, 0.05) is 18.1 Å². The molecule has 4 heteroatoms. The average molecular weight is 264 g/mol. The first-order valence-corrected chi connectivity index (χ1v) is 5.98. The first kappa shape index (κ1) is 9.53. The van der Waals surface area contributed by atoms with Gasteiger partial charge in [-0.05, 0) is 18.3 Å². The van der Waals surface area contributed by atoms with Gasteiger partial charge in [0.25, 0.3) is 0 Å². The molecule has 0 radical (unpaired) electrons. The molecule has 0 N–H and O–H groups in total. The van der Waals surface area contributed by atoms with Crippen molar-refractivity contribution >= 4 is 27.5 Å². The summed E-state index contributed by atoms with van der Waals surface area (Å²) in [6.45, 7) is 0.991. The Morgan fingerprint density at radius 1 is 1.62 bits per heavy atom. The molecule has 1 fully saturated rings. The maximum Gasteiger partial charge on any atom is 0.0785 e. The standard InChI is InChI=1S/C9H12BrClN2/c10-6-9(2-1-3-9)7-13-5-8(11)4-12-13/h4-5H,1-3,6-7H2. The van der Waals surface area contributed by atoms with E-state index in [4.69, 9.17) is 11.6 Å². The van der Waals surface area contributed by atoms with Crippen molar-refractivity contribution < 1.29 is 0 Å². The molecule has 2 rings (SSSR count). The molecule has 0 spiro atoms. The van der Waals surface area contributed by atoms with E-state index in [0.717, 1.165) is 16.9 Å². The van der Waals surface area contributed by atoms with Crippen LogP contribution in [0.1, 0.15) is 19.3 Å². The minimum absolute atomic E-state index is 0.440. The Kier molecular flexibility index (Phi) is 2.65. The lowest BCUT2D eigenvalue weighted by molar-refractivity contribution is 0.134. The fraction of sp³-hybridized carbons (Fsp3) is 0.667. The van der Waals surface area contributed by atoms with Crippen molar-refractivity contribution in [2.75, 3.05) is 5.33 Å². The van der Waals surface area contributed by atoms with Gasteiger partial charge >= 0.3 is 0 Å². The largest absolute Gasteiger partial charge is 0.271 e. The minimum Gasteiger partial charge on any atom is -0.271 e. The molecule has 0 aromatic carbocycles. The minimum atomic E-state index is 0.440. The van der Waals surface area contributed by atoms with E-state index in [9.17, 15) is 0 Å². The number of nitrogens with zero attached hydrogens (tertiary/aromatic N) is 2. The molecule has 0 aliphatic heterocycles. The highest BCUT2D eigenvalue weighted by Gasteiger charge is 2.36. The van der Waals surface area contributed by atoms with Crippen molar-refractivity contribution in [3.8, 4) is 0 Å². The number of halogens is 2. The quantitative estimate of drug-likeness (QED) is 0.766. The highest BCUT2D eigenvalue weighted by Crippen LogP contribution is 2.43. The first-order chi connectivity index (χ1) is 6.24. The maximum atomic E-state index is 5.80. The molecule has 2 nitrogen and oxygen atoms in total. The molecule has 0 amide bonds. The van der Waals surface area contributed by atoms with Gasteiger partial charge in [0.1, 0.15) is 0 Å². The van der Waals surface area contributed by atoms with Crippen molar-refractivity contribution in [2.45, 2.75) is 25.8 Å². The van der Waals surface area contributed by atoms with E-state index in [1.807, 2.05) is 10.9 Å². The highest BCUT2D eigenvalue weighted by molar-refractivity contribution is 9.09. The maximum absolute atomic E-state index is 5.80. The molecule has 0 unspecified atom stereocenters. The smallest absolute Gasteiger partial charge is 0.0785 e. The summed E-state index contributed by atoms with van der Waals surface area (Å²) in [4.78, 5) is 0. The lowest BCUT2D eigenvalue weighted by Crippen LogP contribution is -2.35. The van der Waals surface area contributed by atoms with Gasteiger partial charge < -0.3 is 0 Å². The second-order valence-electron chi connectivity index (χ2n) is 3.84. The summed E-state index contributed by atoms with van der Waals surface area (Å²) in [6.07, 6.45) is 7.54. The van der Waals surface area contributed by atoms with Gasteiger partial charge in [0.2, 0.25) is 0 Å². The zero-order valence-electron chi connectivity index (χ0n) is 7.34. The second-order valence-corrected chi connectivity index (χ2v) is 4.84. The molecule has 1 heterocycles. The van der Waals surface area contributed by atoms with Gasteiger partial charge in [-0.25, -0.2) is 0 Å². The zero-order chi connectivity index (χ0) is 9.31. The van der Waals surface area contributed by atoms with Crippen LogP contribution in [0, 0.1) is 5.41 Å². The Morgan fingerprint density at radius 3 is 2.77 bits per heavy atom. The monoisotopic (exact) mass is 262 g/mol. The van der Waals surface area contributed by atoms with E-state index in [0.29, 0.717) is 5.41 Å². The van der Waals surface area contributed by atoms with E-state index in [1.54, 1.807) is 6.20 Å². The van der Waals surface area contributed by atoms with E-state index < -0.39 is 0 Å². The third-order valence-electron chi connectivity index (χ3n) is 2.80. The van der Waals surface area contributed by atoms with Crippen molar-refractivity contribution in [2.24, 2.45) is 5.41 Å². The van der Waals surface area contributed by atoms with Gasteiger partial charge in [-0.2, -0.15) is 5.10 Å². The number of hydrogen-bond donors (Lipinski definition) is 0. The van der Waals surface area contributed by atoms with Crippen LogP contribution in [0.3, 0.4) is 0 Å². The topological polar surface area (TPSA) is 17.8 Å². The van der Waals surface area contributed by atoms with Crippen molar-refractivity contribution in [1.29, 1.82) is 0 Å². The molecule has 72 valence electrons. The summed E-state index contributed by atoms with van der Waals surface area (Å²) in [7, 11) is 0. The molecular formula is C9H12BrClN2. The van der Waals surface area contributed by atoms with E-state index in [2.05, 4.69) is 21.0 Å². The molecule has 0 saturated heterocycles. The first-order valence-electron chi connectivity index (χ1n) is 4.48. The summed E-state index contributed by atoms with van der Waals surface area (Å²) >= 11 is 9.37. The molecule has 0 atom stereocenters. The lowest BCUT2D eigenvalue weighted by atomic mass is 9.70. The van der Waals surface area contributed by atoms with Crippen molar-refractivity contribution in [3.63, 3.8) is 0 Å². The third-order valence-corrected chi connectivity index (χ3v) is 4.18. The SMILES string of the molecule is Clc1cnn(CC2(CBr)CCC2)c1. The Balaban J connectivity index is 2.04. The van der Waals surface area contributed by atoms with Crippen LogP contribution in [0.15, 0.2) is 12.4 Å². The second kappa shape index (κ2) is 3.62. The molecule has 1 saturated carbocycles. The number of alkyl halides is 1. The zero-order valence-corrected chi connectivity index (χ0v) is 9.68. The van der Waals surface area contributed by atoms with E-state index >= 15 is 0 Å². The van der Waals surface area contributed by atoms with Gasteiger partial charge in [-0.1, -0.05) is 34.0 Å². The molecule has 1 aliphatic carbocycles. The van der Waals surface area contributed by atoms with Crippen molar-refractivity contribution in [1.82, 2.24) is 9.78 Å². The van der Waals surface area contributed by atoms with Crippen LogP contribution in [-0.4, -0.2) is 15.1 Å². The summed E-state index contributed by atoms with van der Waals surface area (Å²) < 4.78 is 1.95. The van der Waals surface area contributed by atoms with Crippen LogP contribution >= 0.6 is 27.5 Å². The average Bonchev–Trinajstić information content (AvgIpc) is 2.44. The highest BCUT2D eigenvalue weighted by atomic mass is 79.9. The normalized spacial score (nSPS) is 19.8. The Labute approximate surface area is 91.4 Å².